The van der Waals surface area contributed by atoms with Gasteiger partial charge in [-0.1, -0.05) is 0 Å². The number of halogens is 4. The lowest BCUT2D eigenvalue weighted by molar-refractivity contribution is -0.136. The molecule has 3 rings (SSSR count). The number of ether oxygens (including phenoxy) is 1. The Bertz CT molecular complexity index is 942. The summed E-state index contributed by atoms with van der Waals surface area (Å²) in [6.45, 7) is 1.50. The number of alkyl halides is 3. The zero-order valence-electron chi connectivity index (χ0n) is 14.8. The van der Waals surface area contributed by atoms with E-state index in [4.69, 9.17) is 4.74 Å². The van der Waals surface area contributed by atoms with Gasteiger partial charge in [0.15, 0.2) is 5.76 Å². The monoisotopic (exact) mass is 417 g/mol. The van der Waals surface area contributed by atoms with Gasteiger partial charge in [0, 0.05) is 17.5 Å². The van der Waals surface area contributed by atoms with Crippen molar-refractivity contribution in [1.29, 1.82) is 0 Å². The van der Waals surface area contributed by atoms with Crippen LogP contribution in [0, 0.1) is 0 Å². The minimum Gasteiger partial charge on any atom is -0.494 e. The summed E-state index contributed by atoms with van der Waals surface area (Å²) < 4.78 is 57.8. The van der Waals surface area contributed by atoms with Crippen molar-refractivity contribution in [2.75, 3.05) is 7.11 Å². The topological polar surface area (TPSA) is 66.8 Å². The number of nitrogens with zero attached hydrogens (tertiary/aromatic N) is 1. The van der Waals surface area contributed by atoms with Gasteiger partial charge in [0.25, 0.3) is 5.91 Å². The number of hydrogen-bond acceptors (Lipinski definition) is 4. The molecule has 0 bridgehead atoms. The average molecular weight is 417 g/mol. The average Bonchev–Trinajstić information content (AvgIpc) is 3.18. The first-order chi connectivity index (χ1) is 13.0. The minimum absolute atomic E-state index is 0.0638. The SMILES string of the molecule is COC1=C(F)CC2C(=C1)C(CC(=O)O)=C(C)N2C(=O)c1csc(C(F)(F)F)c1. The van der Waals surface area contributed by atoms with Gasteiger partial charge in [-0.25, -0.2) is 4.39 Å². The number of fused-ring (bicyclic) bond motifs is 1. The molecule has 150 valence electrons. The predicted molar refractivity (Wildman–Crippen MR) is 92.1 cm³/mol. The van der Waals surface area contributed by atoms with Crippen LogP contribution >= 0.6 is 11.3 Å². The highest BCUT2D eigenvalue weighted by atomic mass is 32.1. The number of thiophene rings is 1. The zero-order valence-corrected chi connectivity index (χ0v) is 15.6. The van der Waals surface area contributed by atoms with Crippen molar-refractivity contribution >= 4 is 23.2 Å². The number of carboxylic acid groups (broad SMARTS) is 1. The standard InChI is InChI=1S/C18H15F4NO4S/c1-8-10(5-16(24)25)11-4-14(27-2)12(19)6-13(11)23(8)17(26)9-3-15(28-7-9)18(20,21)22/h3-4,7,13H,5-6H2,1-2H3,(H,24,25). The van der Waals surface area contributed by atoms with Crippen molar-refractivity contribution in [1.82, 2.24) is 4.90 Å². The van der Waals surface area contributed by atoms with Gasteiger partial charge in [-0.2, -0.15) is 13.2 Å². The van der Waals surface area contributed by atoms with Gasteiger partial charge < -0.3 is 14.7 Å². The Morgan fingerprint density at radius 2 is 2.07 bits per heavy atom. The van der Waals surface area contributed by atoms with E-state index in [1.807, 2.05) is 0 Å². The fourth-order valence-corrected chi connectivity index (χ4v) is 4.13. The van der Waals surface area contributed by atoms with Crippen LogP contribution in [0.4, 0.5) is 17.6 Å². The lowest BCUT2D eigenvalue weighted by atomic mass is 9.92. The van der Waals surface area contributed by atoms with Crippen molar-refractivity contribution in [2.45, 2.75) is 32.0 Å². The number of carbonyl (C=O) groups is 2. The van der Waals surface area contributed by atoms with Crippen LogP contribution in [-0.2, 0) is 15.7 Å². The Labute approximate surface area is 161 Å². The van der Waals surface area contributed by atoms with Crippen molar-refractivity contribution < 1.29 is 37.0 Å². The summed E-state index contributed by atoms with van der Waals surface area (Å²) in [6.07, 6.45) is -3.90. The van der Waals surface area contributed by atoms with Crippen molar-refractivity contribution in [3.8, 4) is 0 Å². The number of allylic oxidation sites excluding steroid dienone is 2. The summed E-state index contributed by atoms with van der Waals surface area (Å²) in [5.41, 5.74) is 0.819. The summed E-state index contributed by atoms with van der Waals surface area (Å²) in [7, 11) is 1.27. The number of carbonyl (C=O) groups excluding carboxylic acids is 1. The third kappa shape index (κ3) is 3.44. The predicted octanol–water partition coefficient (Wildman–Crippen LogP) is 4.50. The van der Waals surface area contributed by atoms with Gasteiger partial charge in [-0.15, -0.1) is 11.3 Å². The summed E-state index contributed by atoms with van der Waals surface area (Å²) in [4.78, 5) is 24.4. The molecule has 0 saturated carbocycles. The fraction of sp³-hybridized carbons (Fsp3) is 0.333. The summed E-state index contributed by atoms with van der Waals surface area (Å²) >= 11 is 0.390. The van der Waals surface area contributed by atoms with Crippen LogP contribution in [-0.4, -0.2) is 35.0 Å². The molecule has 1 aromatic heterocycles. The Morgan fingerprint density at radius 3 is 2.61 bits per heavy atom. The zero-order chi connectivity index (χ0) is 20.8. The molecule has 1 aliphatic carbocycles. The molecule has 28 heavy (non-hydrogen) atoms. The van der Waals surface area contributed by atoms with E-state index in [0.29, 0.717) is 22.5 Å². The van der Waals surface area contributed by atoms with Crippen molar-refractivity contribution in [3.05, 3.63) is 56.4 Å². The van der Waals surface area contributed by atoms with E-state index >= 15 is 0 Å². The summed E-state index contributed by atoms with van der Waals surface area (Å²) in [5, 5.41) is 10.3. The van der Waals surface area contributed by atoms with Crippen LogP contribution in [0.5, 0.6) is 0 Å². The Morgan fingerprint density at radius 1 is 1.39 bits per heavy atom. The molecule has 1 unspecified atom stereocenters. The highest BCUT2D eigenvalue weighted by Crippen LogP contribution is 2.44. The van der Waals surface area contributed by atoms with Crippen LogP contribution < -0.4 is 0 Å². The Balaban J connectivity index is 2.03. The van der Waals surface area contributed by atoms with E-state index in [1.165, 1.54) is 25.0 Å². The molecular formula is C18H15F4NO4S. The highest BCUT2D eigenvalue weighted by molar-refractivity contribution is 7.10. The first kappa shape index (κ1) is 20.1. The molecule has 10 heteroatoms. The van der Waals surface area contributed by atoms with Crippen LogP contribution in [0.2, 0.25) is 0 Å². The second kappa shape index (κ2) is 7.08. The smallest absolute Gasteiger partial charge is 0.425 e. The third-order valence-corrected chi connectivity index (χ3v) is 5.61. The van der Waals surface area contributed by atoms with Crippen LogP contribution in [0.1, 0.15) is 35.0 Å². The number of rotatable bonds is 4. The van der Waals surface area contributed by atoms with Gasteiger partial charge in [0.2, 0.25) is 0 Å². The molecule has 2 heterocycles. The van der Waals surface area contributed by atoms with Gasteiger partial charge in [-0.3, -0.25) is 9.59 Å². The normalized spacial score (nSPS) is 19.7. The van der Waals surface area contributed by atoms with E-state index in [9.17, 15) is 32.3 Å². The second-order valence-electron chi connectivity index (χ2n) is 6.30. The Kier molecular flexibility index (Phi) is 5.09. The fourth-order valence-electron chi connectivity index (χ4n) is 3.38. The summed E-state index contributed by atoms with van der Waals surface area (Å²) in [6, 6.07) is -0.0935. The van der Waals surface area contributed by atoms with Crippen LogP contribution in [0.3, 0.4) is 0 Å². The molecule has 0 radical (unpaired) electrons. The largest absolute Gasteiger partial charge is 0.494 e. The van der Waals surface area contributed by atoms with Gasteiger partial charge in [0.05, 0.1) is 25.1 Å². The maximum atomic E-state index is 14.3. The van der Waals surface area contributed by atoms with E-state index in [2.05, 4.69) is 0 Å². The van der Waals surface area contributed by atoms with E-state index in [-0.39, 0.29) is 23.4 Å². The molecule has 0 fully saturated rings. The number of aliphatic carboxylic acids is 1. The highest BCUT2D eigenvalue weighted by Gasteiger charge is 2.42. The first-order valence-corrected chi connectivity index (χ1v) is 8.98. The molecule has 0 aromatic carbocycles. The van der Waals surface area contributed by atoms with Gasteiger partial charge in [-0.05, 0) is 30.2 Å². The lowest BCUT2D eigenvalue weighted by Gasteiger charge is -2.29. The minimum atomic E-state index is -4.58. The molecular weight excluding hydrogens is 402 g/mol. The van der Waals surface area contributed by atoms with E-state index in [1.54, 1.807) is 0 Å². The molecule has 1 N–H and O–H groups in total. The number of hydrogen-bond donors (Lipinski definition) is 1. The van der Waals surface area contributed by atoms with Gasteiger partial charge >= 0.3 is 12.1 Å². The van der Waals surface area contributed by atoms with Crippen LogP contribution in [0.15, 0.2) is 46.0 Å². The summed E-state index contributed by atoms with van der Waals surface area (Å²) in [5.74, 6) is -2.58. The third-order valence-electron chi connectivity index (χ3n) is 4.64. The lowest BCUT2D eigenvalue weighted by Crippen LogP contribution is -2.37. The molecule has 0 saturated heterocycles. The quantitative estimate of drug-likeness (QED) is 0.733. The molecule has 1 aromatic rings. The number of amides is 1. The van der Waals surface area contributed by atoms with Crippen molar-refractivity contribution in [3.63, 3.8) is 0 Å². The Hall–Kier alpha value is -2.62. The first-order valence-electron chi connectivity index (χ1n) is 8.10. The molecule has 5 nitrogen and oxygen atoms in total. The van der Waals surface area contributed by atoms with E-state index in [0.717, 1.165) is 11.4 Å². The number of carboxylic acids is 1. The van der Waals surface area contributed by atoms with E-state index < -0.39 is 41.2 Å². The maximum absolute atomic E-state index is 14.3. The second-order valence-corrected chi connectivity index (χ2v) is 7.21. The van der Waals surface area contributed by atoms with Gasteiger partial charge in [0.1, 0.15) is 10.7 Å². The molecule has 1 atom stereocenters. The van der Waals surface area contributed by atoms with Crippen LogP contribution in [0.25, 0.3) is 0 Å². The number of methoxy groups -OCH3 is 1. The molecule has 2 aliphatic rings. The molecule has 1 aliphatic heterocycles. The molecule has 1 amide bonds. The molecule has 0 spiro atoms. The van der Waals surface area contributed by atoms with Crippen molar-refractivity contribution in [2.24, 2.45) is 0 Å². The maximum Gasteiger partial charge on any atom is 0.425 e.